The van der Waals surface area contributed by atoms with Gasteiger partial charge in [-0.05, 0) is 48.0 Å². The minimum absolute atomic E-state index is 0.449. The van der Waals surface area contributed by atoms with Crippen LogP contribution in [0.4, 0.5) is 0 Å². The summed E-state index contributed by atoms with van der Waals surface area (Å²) in [5, 5.41) is 0. The molecular weight excluding hydrogens is 252 g/mol. The van der Waals surface area contributed by atoms with Gasteiger partial charge < -0.3 is 0 Å². The van der Waals surface area contributed by atoms with Gasteiger partial charge in [0.25, 0.3) is 0 Å². The first-order valence-electron chi connectivity index (χ1n) is 7.72. The minimum atomic E-state index is 0.449. The molecule has 21 heavy (non-hydrogen) atoms. The van der Waals surface area contributed by atoms with Crippen molar-refractivity contribution >= 4 is 0 Å². The van der Waals surface area contributed by atoms with Crippen molar-refractivity contribution in [3.8, 4) is 0 Å². The first kappa shape index (κ1) is 13.9. The van der Waals surface area contributed by atoms with Gasteiger partial charge in [0.15, 0.2) is 0 Å². The molecule has 0 heterocycles. The average molecular weight is 274 g/mol. The second-order valence-corrected chi connectivity index (χ2v) is 5.74. The fourth-order valence-corrected chi connectivity index (χ4v) is 3.52. The molecular formula is C21H22. The maximum absolute atomic E-state index is 3.89. The fourth-order valence-electron chi connectivity index (χ4n) is 3.52. The molecule has 3 aliphatic carbocycles. The Balaban J connectivity index is 1.91. The smallest absolute Gasteiger partial charge is 0.0243 e. The van der Waals surface area contributed by atoms with Crippen LogP contribution in [-0.2, 0) is 0 Å². The zero-order valence-electron chi connectivity index (χ0n) is 12.5. The van der Waals surface area contributed by atoms with E-state index in [-0.39, 0.29) is 0 Å². The number of hydrogen-bond donors (Lipinski definition) is 0. The van der Waals surface area contributed by atoms with Crippen molar-refractivity contribution in [3.05, 3.63) is 95.7 Å². The molecule has 3 rings (SSSR count). The van der Waals surface area contributed by atoms with E-state index < -0.39 is 0 Å². The van der Waals surface area contributed by atoms with Gasteiger partial charge in [0, 0.05) is 5.92 Å². The van der Waals surface area contributed by atoms with E-state index in [1.54, 1.807) is 5.57 Å². The molecule has 3 aliphatic rings. The molecule has 0 fully saturated rings. The summed E-state index contributed by atoms with van der Waals surface area (Å²) in [5.41, 5.74) is 7.41. The van der Waals surface area contributed by atoms with Crippen LogP contribution < -0.4 is 0 Å². The van der Waals surface area contributed by atoms with Crippen LogP contribution in [0.25, 0.3) is 0 Å². The first-order chi connectivity index (χ1) is 10.3. The molecule has 1 unspecified atom stereocenters. The molecule has 106 valence electrons. The summed E-state index contributed by atoms with van der Waals surface area (Å²) in [6.45, 7) is 7.77. The van der Waals surface area contributed by atoms with Gasteiger partial charge in [0.1, 0.15) is 0 Å². The second-order valence-electron chi connectivity index (χ2n) is 5.74. The molecule has 0 aromatic rings. The molecule has 0 heteroatoms. The van der Waals surface area contributed by atoms with Gasteiger partial charge in [0.2, 0.25) is 0 Å². The van der Waals surface area contributed by atoms with Gasteiger partial charge in [-0.3, -0.25) is 0 Å². The third-order valence-corrected chi connectivity index (χ3v) is 4.46. The number of allylic oxidation sites excluding steroid dienone is 14. The van der Waals surface area contributed by atoms with Crippen LogP contribution in [-0.4, -0.2) is 0 Å². The Morgan fingerprint density at radius 1 is 1.00 bits per heavy atom. The fraction of sp³-hybridized carbons (Fsp3) is 0.238. The Morgan fingerprint density at radius 2 is 1.71 bits per heavy atom. The highest BCUT2D eigenvalue weighted by Crippen LogP contribution is 2.42. The largest absolute Gasteiger partial charge is 0.103 e. The van der Waals surface area contributed by atoms with E-state index in [1.165, 1.54) is 22.3 Å². The van der Waals surface area contributed by atoms with E-state index in [0.29, 0.717) is 5.92 Å². The molecule has 0 amide bonds. The second kappa shape index (κ2) is 6.13. The molecule has 0 saturated carbocycles. The van der Waals surface area contributed by atoms with Crippen molar-refractivity contribution < 1.29 is 0 Å². The Kier molecular flexibility index (Phi) is 4.06. The standard InChI is InChI=1S/C21H22/c1-3-8-16-10-5-12-18(16)20-14-7-15-21(20)19-13-6-11-17(19)9-4-2/h3-7,10-11,14-15,20H,1-2,8-9,12-13H2. The summed E-state index contributed by atoms with van der Waals surface area (Å²) < 4.78 is 0. The van der Waals surface area contributed by atoms with E-state index in [1.807, 2.05) is 12.2 Å². The van der Waals surface area contributed by atoms with Crippen molar-refractivity contribution in [2.24, 2.45) is 5.92 Å². The van der Waals surface area contributed by atoms with Crippen molar-refractivity contribution in [1.82, 2.24) is 0 Å². The Bertz CT molecular complexity index is 642. The Hall–Kier alpha value is -2.08. The lowest BCUT2D eigenvalue weighted by atomic mass is 9.84. The predicted octanol–water partition coefficient (Wildman–Crippen LogP) is 5.76. The van der Waals surface area contributed by atoms with Crippen molar-refractivity contribution in [3.63, 3.8) is 0 Å². The molecule has 0 spiro atoms. The summed E-state index contributed by atoms with van der Waals surface area (Å²) in [6, 6.07) is 0. The quantitative estimate of drug-likeness (QED) is 0.540. The molecule has 0 saturated heterocycles. The minimum Gasteiger partial charge on any atom is -0.103 e. The normalized spacial score (nSPS) is 23.4. The third kappa shape index (κ3) is 2.58. The maximum atomic E-state index is 3.89. The van der Waals surface area contributed by atoms with Gasteiger partial charge in [-0.2, -0.15) is 0 Å². The van der Waals surface area contributed by atoms with Crippen molar-refractivity contribution in [2.75, 3.05) is 0 Å². The van der Waals surface area contributed by atoms with Gasteiger partial charge in [-0.1, -0.05) is 60.3 Å². The summed E-state index contributed by atoms with van der Waals surface area (Å²) in [7, 11) is 0. The summed E-state index contributed by atoms with van der Waals surface area (Å²) in [6.07, 6.45) is 24.0. The lowest BCUT2D eigenvalue weighted by Gasteiger charge is -2.20. The topological polar surface area (TPSA) is 0 Å². The van der Waals surface area contributed by atoms with Crippen LogP contribution >= 0.6 is 0 Å². The highest BCUT2D eigenvalue weighted by atomic mass is 14.3. The zero-order valence-corrected chi connectivity index (χ0v) is 12.5. The van der Waals surface area contributed by atoms with Gasteiger partial charge in [0.05, 0.1) is 0 Å². The molecule has 0 N–H and O–H groups in total. The lowest BCUT2D eigenvalue weighted by Crippen LogP contribution is -2.06. The van der Waals surface area contributed by atoms with Gasteiger partial charge in [-0.15, -0.1) is 13.2 Å². The molecule has 0 aliphatic heterocycles. The molecule has 0 bridgehead atoms. The van der Waals surface area contributed by atoms with E-state index in [4.69, 9.17) is 0 Å². The highest BCUT2D eigenvalue weighted by molar-refractivity contribution is 5.56. The molecule has 1 atom stereocenters. The van der Waals surface area contributed by atoms with Gasteiger partial charge >= 0.3 is 0 Å². The summed E-state index contributed by atoms with van der Waals surface area (Å²) >= 11 is 0. The predicted molar refractivity (Wildman–Crippen MR) is 91.9 cm³/mol. The maximum Gasteiger partial charge on any atom is 0.0243 e. The average Bonchev–Trinajstić information content (AvgIpc) is 3.17. The summed E-state index contributed by atoms with van der Waals surface area (Å²) in [5.74, 6) is 0.449. The summed E-state index contributed by atoms with van der Waals surface area (Å²) in [4.78, 5) is 0. The Labute approximate surface area is 128 Å². The van der Waals surface area contributed by atoms with E-state index in [2.05, 4.69) is 55.7 Å². The van der Waals surface area contributed by atoms with Crippen LogP contribution in [0, 0.1) is 5.92 Å². The van der Waals surface area contributed by atoms with E-state index >= 15 is 0 Å². The van der Waals surface area contributed by atoms with Gasteiger partial charge in [-0.25, -0.2) is 0 Å². The highest BCUT2D eigenvalue weighted by Gasteiger charge is 2.26. The first-order valence-corrected chi connectivity index (χ1v) is 7.72. The van der Waals surface area contributed by atoms with E-state index in [9.17, 15) is 0 Å². The third-order valence-electron chi connectivity index (χ3n) is 4.46. The van der Waals surface area contributed by atoms with E-state index in [0.717, 1.165) is 25.7 Å². The zero-order chi connectivity index (χ0) is 14.7. The molecule has 0 aromatic carbocycles. The van der Waals surface area contributed by atoms with Crippen LogP contribution in [0.3, 0.4) is 0 Å². The van der Waals surface area contributed by atoms with Crippen molar-refractivity contribution in [1.29, 1.82) is 0 Å². The Morgan fingerprint density at radius 3 is 2.52 bits per heavy atom. The van der Waals surface area contributed by atoms with Crippen LogP contribution in [0.2, 0.25) is 0 Å². The molecule has 0 radical (unpaired) electrons. The molecule has 0 nitrogen and oxygen atoms in total. The lowest BCUT2D eigenvalue weighted by molar-refractivity contribution is 0.864. The molecule has 0 aromatic heterocycles. The number of rotatable bonds is 6. The monoisotopic (exact) mass is 274 g/mol. The van der Waals surface area contributed by atoms with Crippen LogP contribution in [0.1, 0.15) is 25.7 Å². The SMILES string of the molecule is C=CCC1=C(C2=CC=CC2C2=C(CC=C)C=CC2)CC=C1. The number of hydrogen-bond acceptors (Lipinski definition) is 0. The van der Waals surface area contributed by atoms with Crippen molar-refractivity contribution in [2.45, 2.75) is 25.7 Å². The van der Waals surface area contributed by atoms with Crippen LogP contribution in [0.5, 0.6) is 0 Å². The van der Waals surface area contributed by atoms with Crippen LogP contribution in [0.15, 0.2) is 95.7 Å².